The van der Waals surface area contributed by atoms with Gasteiger partial charge in [0.2, 0.25) is 0 Å². The molecule has 0 aliphatic rings. The number of nitro groups is 1. The van der Waals surface area contributed by atoms with Crippen molar-refractivity contribution in [2.75, 3.05) is 0 Å². The fourth-order valence-electron chi connectivity index (χ4n) is 1.24. The van der Waals surface area contributed by atoms with Crippen molar-refractivity contribution >= 4 is 22.2 Å². The minimum atomic E-state index is -1.13. The number of aromatic nitrogens is 2. The quantitative estimate of drug-likeness (QED) is 0.493. The Bertz CT molecular complexity index is 641. The topological polar surface area (TPSA) is 130 Å². The van der Waals surface area contributed by atoms with E-state index in [2.05, 4.69) is 9.97 Å². The fraction of sp³-hybridized carbons (Fsp3) is 0. The van der Waals surface area contributed by atoms with Crippen LogP contribution in [0.15, 0.2) is 24.4 Å². The van der Waals surface area contributed by atoms with E-state index in [-0.39, 0.29) is 16.5 Å². The SMILES string of the molecule is O=C(c1ccnc(-c2ccc([N+](=O)[O-])s2)n1)N(O)O. The number of amides is 1. The summed E-state index contributed by atoms with van der Waals surface area (Å²) < 4.78 is 0. The first-order valence-electron chi connectivity index (χ1n) is 4.79. The third-order valence-electron chi connectivity index (χ3n) is 2.05. The molecular weight excluding hydrogens is 276 g/mol. The van der Waals surface area contributed by atoms with Gasteiger partial charge in [-0.25, -0.2) is 9.97 Å². The minimum Gasteiger partial charge on any atom is -0.262 e. The predicted molar refractivity (Wildman–Crippen MR) is 61.7 cm³/mol. The number of hydrogen-bond donors (Lipinski definition) is 2. The lowest BCUT2D eigenvalue weighted by molar-refractivity contribution is -0.380. The van der Waals surface area contributed by atoms with E-state index in [0.29, 0.717) is 4.88 Å². The van der Waals surface area contributed by atoms with Crippen LogP contribution in [0, 0.1) is 10.1 Å². The first-order chi connectivity index (χ1) is 8.99. The Morgan fingerprint density at radius 2 is 2.11 bits per heavy atom. The van der Waals surface area contributed by atoms with Gasteiger partial charge in [0.05, 0.1) is 9.80 Å². The van der Waals surface area contributed by atoms with Crippen LogP contribution in [-0.4, -0.2) is 36.4 Å². The Kier molecular flexibility index (Phi) is 3.46. The molecule has 0 aliphatic carbocycles. The van der Waals surface area contributed by atoms with Crippen LogP contribution in [0.5, 0.6) is 0 Å². The Hall–Kier alpha value is -2.43. The lowest BCUT2D eigenvalue weighted by Crippen LogP contribution is -2.24. The van der Waals surface area contributed by atoms with Gasteiger partial charge in [0, 0.05) is 12.3 Å². The van der Waals surface area contributed by atoms with Gasteiger partial charge in [-0.3, -0.25) is 25.3 Å². The summed E-state index contributed by atoms with van der Waals surface area (Å²) in [5.41, 5.74) is -0.244. The number of carbonyl (C=O) groups excluding carboxylic acids is 1. The van der Waals surface area contributed by atoms with E-state index in [4.69, 9.17) is 10.4 Å². The fourth-order valence-corrected chi connectivity index (χ4v) is 2.01. The highest BCUT2D eigenvalue weighted by atomic mass is 32.1. The number of carbonyl (C=O) groups is 1. The zero-order chi connectivity index (χ0) is 14.0. The van der Waals surface area contributed by atoms with Crippen molar-refractivity contribution in [3.05, 3.63) is 40.2 Å². The summed E-state index contributed by atoms with van der Waals surface area (Å²) in [6, 6.07) is 3.93. The maximum Gasteiger partial charge on any atom is 0.324 e. The van der Waals surface area contributed by atoms with Crippen molar-refractivity contribution in [1.82, 2.24) is 15.2 Å². The van der Waals surface area contributed by atoms with Crippen molar-refractivity contribution in [3.63, 3.8) is 0 Å². The molecule has 98 valence electrons. The molecule has 2 rings (SSSR count). The maximum absolute atomic E-state index is 11.3. The average Bonchev–Trinajstić information content (AvgIpc) is 2.87. The van der Waals surface area contributed by atoms with E-state index >= 15 is 0 Å². The molecule has 0 saturated carbocycles. The molecule has 0 spiro atoms. The van der Waals surface area contributed by atoms with Crippen LogP contribution in [0.25, 0.3) is 10.7 Å². The molecule has 0 saturated heterocycles. The monoisotopic (exact) mass is 282 g/mol. The average molecular weight is 282 g/mol. The summed E-state index contributed by atoms with van der Waals surface area (Å²) in [6.45, 7) is 0. The van der Waals surface area contributed by atoms with Crippen molar-refractivity contribution in [2.24, 2.45) is 0 Å². The van der Waals surface area contributed by atoms with Crippen LogP contribution in [0.3, 0.4) is 0 Å². The molecule has 2 aromatic heterocycles. The van der Waals surface area contributed by atoms with E-state index in [0.717, 1.165) is 11.3 Å². The highest BCUT2D eigenvalue weighted by Crippen LogP contribution is 2.30. The van der Waals surface area contributed by atoms with E-state index in [9.17, 15) is 14.9 Å². The van der Waals surface area contributed by atoms with Gasteiger partial charge in [-0.1, -0.05) is 16.6 Å². The van der Waals surface area contributed by atoms with Crippen molar-refractivity contribution in [1.29, 1.82) is 0 Å². The Morgan fingerprint density at radius 1 is 1.37 bits per heavy atom. The summed E-state index contributed by atoms with van der Waals surface area (Å²) in [5, 5.41) is 27.1. The van der Waals surface area contributed by atoms with Gasteiger partial charge in [-0.15, -0.1) is 0 Å². The molecule has 19 heavy (non-hydrogen) atoms. The molecule has 0 unspecified atom stereocenters. The van der Waals surface area contributed by atoms with Crippen LogP contribution in [-0.2, 0) is 0 Å². The molecule has 0 radical (unpaired) electrons. The summed E-state index contributed by atoms with van der Waals surface area (Å²) in [5.74, 6) is -1.04. The van der Waals surface area contributed by atoms with Gasteiger partial charge in [0.25, 0.3) is 0 Å². The van der Waals surface area contributed by atoms with E-state index < -0.39 is 16.1 Å². The molecule has 0 bridgehead atoms. The molecule has 2 heterocycles. The summed E-state index contributed by atoms with van der Waals surface area (Å²) >= 11 is 0.849. The zero-order valence-electron chi connectivity index (χ0n) is 9.13. The van der Waals surface area contributed by atoms with Crippen LogP contribution < -0.4 is 0 Å². The second-order valence-electron chi connectivity index (χ2n) is 3.26. The van der Waals surface area contributed by atoms with Crippen LogP contribution >= 0.6 is 11.3 Å². The van der Waals surface area contributed by atoms with Crippen molar-refractivity contribution < 1.29 is 20.1 Å². The largest absolute Gasteiger partial charge is 0.324 e. The standard InChI is InChI=1S/C9H6N4O5S/c14-9(13(17)18)5-3-4-10-8(11-5)6-1-2-7(19-6)12(15)16/h1-4,17-18H. The Balaban J connectivity index is 2.37. The molecule has 9 nitrogen and oxygen atoms in total. The van der Waals surface area contributed by atoms with Gasteiger partial charge < -0.3 is 0 Å². The van der Waals surface area contributed by atoms with Gasteiger partial charge in [-0.2, -0.15) is 0 Å². The summed E-state index contributed by atoms with van der Waals surface area (Å²) in [4.78, 5) is 29.3. The van der Waals surface area contributed by atoms with Crippen LogP contribution in [0.2, 0.25) is 0 Å². The highest BCUT2D eigenvalue weighted by Gasteiger charge is 2.17. The van der Waals surface area contributed by atoms with E-state index in [1.165, 1.54) is 24.4 Å². The first kappa shape index (κ1) is 13.0. The van der Waals surface area contributed by atoms with Crippen molar-refractivity contribution in [2.45, 2.75) is 0 Å². The van der Waals surface area contributed by atoms with Gasteiger partial charge >= 0.3 is 10.9 Å². The smallest absolute Gasteiger partial charge is 0.262 e. The lowest BCUT2D eigenvalue weighted by Gasteiger charge is -2.05. The normalized spacial score (nSPS) is 10.2. The maximum atomic E-state index is 11.3. The molecule has 0 fully saturated rings. The minimum absolute atomic E-state index is 0.0822. The number of hydrogen-bond acceptors (Lipinski definition) is 8. The predicted octanol–water partition coefficient (Wildman–Crippen LogP) is 1.33. The van der Waals surface area contributed by atoms with Gasteiger partial charge in [-0.05, 0) is 12.1 Å². The van der Waals surface area contributed by atoms with Crippen LogP contribution in [0.4, 0.5) is 5.00 Å². The lowest BCUT2D eigenvalue weighted by atomic mass is 10.3. The van der Waals surface area contributed by atoms with Crippen LogP contribution in [0.1, 0.15) is 10.5 Å². The third kappa shape index (κ3) is 2.70. The van der Waals surface area contributed by atoms with E-state index in [1.807, 2.05) is 0 Å². The second kappa shape index (κ2) is 5.06. The molecule has 0 atom stereocenters. The number of rotatable bonds is 3. The molecule has 10 heteroatoms. The number of nitrogens with zero attached hydrogens (tertiary/aromatic N) is 4. The highest BCUT2D eigenvalue weighted by molar-refractivity contribution is 7.18. The Morgan fingerprint density at radius 3 is 2.68 bits per heavy atom. The number of thiophene rings is 1. The molecule has 0 aromatic carbocycles. The molecule has 2 N–H and O–H groups in total. The Labute approximate surface area is 109 Å². The molecule has 0 aliphatic heterocycles. The van der Waals surface area contributed by atoms with Gasteiger partial charge in [0.1, 0.15) is 5.69 Å². The van der Waals surface area contributed by atoms with Gasteiger partial charge in [0.15, 0.2) is 5.82 Å². The van der Waals surface area contributed by atoms with Crippen molar-refractivity contribution in [3.8, 4) is 10.7 Å². The van der Waals surface area contributed by atoms with E-state index in [1.54, 1.807) is 0 Å². The first-order valence-corrected chi connectivity index (χ1v) is 5.60. The summed E-state index contributed by atoms with van der Waals surface area (Å²) in [6.07, 6.45) is 1.24. The second-order valence-corrected chi connectivity index (χ2v) is 4.32. The number of hydroxylamine groups is 2. The third-order valence-corrected chi connectivity index (χ3v) is 3.08. The zero-order valence-corrected chi connectivity index (χ0v) is 9.94. The summed E-state index contributed by atoms with van der Waals surface area (Å²) in [7, 11) is 0. The molecule has 1 amide bonds. The molecule has 2 aromatic rings. The molecular formula is C9H6N4O5S.